The summed E-state index contributed by atoms with van der Waals surface area (Å²) in [7, 11) is 1.76. The molecule has 0 amide bonds. The van der Waals surface area contributed by atoms with Gasteiger partial charge in [-0.25, -0.2) is 4.68 Å². The van der Waals surface area contributed by atoms with Crippen LogP contribution in [-0.4, -0.2) is 72.0 Å². The van der Waals surface area contributed by atoms with Gasteiger partial charge in [-0.3, -0.25) is 9.80 Å². The Hall–Kier alpha value is -2.83. The second-order valence-corrected chi connectivity index (χ2v) is 8.84. The van der Waals surface area contributed by atoms with Crippen LogP contribution in [0.3, 0.4) is 0 Å². The first-order valence-electron chi connectivity index (χ1n) is 11.7. The van der Waals surface area contributed by atoms with Crippen molar-refractivity contribution in [1.29, 1.82) is 0 Å². The van der Waals surface area contributed by atoms with Gasteiger partial charge in [0.15, 0.2) is 0 Å². The van der Waals surface area contributed by atoms with E-state index in [-0.39, 0.29) is 0 Å². The van der Waals surface area contributed by atoms with Crippen molar-refractivity contribution in [3.05, 3.63) is 72.6 Å². The van der Waals surface area contributed by atoms with Crippen LogP contribution in [0.5, 0.6) is 5.75 Å². The van der Waals surface area contributed by atoms with Gasteiger partial charge in [0.1, 0.15) is 5.75 Å². The zero-order valence-corrected chi connectivity index (χ0v) is 18.9. The molecule has 0 bridgehead atoms. The predicted octanol–water partition coefficient (Wildman–Crippen LogP) is 3.67. The molecule has 0 saturated carbocycles. The lowest BCUT2D eigenvalue weighted by Gasteiger charge is -2.44. The van der Waals surface area contributed by atoms with E-state index in [1.165, 1.54) is 30.6 Å². The number of benzene rings is 2. The van der Waals surface area contributed by atoms with Crippen molar-refractivity contribution in [3.63, 3.8) is 0 Å². The molecule has 3 aromatic rings. The number of hydrogen-bond acceptors (Lipinski definition) is 5. The minimum absolute atomic E-state index is 0.659. The topological polar surface area (TPSA) is 36.8 Å². The molecule has 168 valence electrons. The van der Waals surface area contributed by atoms with Crippen LogP contribution < -0.4 is 9.64 Å². The first-order chi connectivity index (χ1) is 15.8. The number of anilines is 1. The summed E-state index contributed by atoms with van der Waals surface area (Å²) >= 11 is 0. The van der Waals surface area contributed by atoms with Gasteiger partial charge in [-0.1, -0.05) is 24.3 Å². The minimum Gasteiger partial charge on any atom is -0.495 e. The van der Waals surface area contributed by atoms with Crippen LogP contribution in [0.1, 0.15) is 18.4 Å². The van der Waals surface area contributed by atoms with Crippen LogP contribution in [0.15, 0.2) is 67.0 Å². The summed E-state index contributed by atoms with van der Waals surface area (Å²) in [5.74, 6) is 0.975. The fraction of sp³-hybridized carbons (Fsp3) is 0.423. The van der Waals surface area contributed by atoms with E-state index >= 15 is 0 Å². The molecule has 2 aliphatic rings. The monoisotopic (exact) mass is 431 g/mol. The lowest BCUT2D eigenvalue weighted by molar-refractivity contribution is 0.0887. The van der Waals surface area contributed by atoms with E-state index in [4.69, 9.17) is 4.74 Å². The molecule has 32 heavy (non-hydrogen) atoms. The Morgan fingerprint density at radius 3 is 2.50 bits per heavy atom. The Morgan fingerprint density at radius 2 is 1.75 bits per heavy atom. The van der Waals surface area contributed by atoms with E-state index in [9.17, 15) is 0 Å². The van der Waals surface area contributed by atoms with Crippen LogP contribution in [0, 0.1) is 0 Å². The van der Waals surface area contributed by atoms with E-state index in [1.54, 1.807) is 7.11 Å². The van der Waals surface area contributed by atoms with Crippen molar-refractivity contribution in [1.82, 2.24) is 19.6 Å². The van der Waals surface area contributed by atoms with Crippen molar-refractivity contribution < 1.29 is 4.74 Å². The molecule has 3 heterocycles. The quantitative estimate of drug-likeness (QED) is 0.595. The van der Waals surface area contributed by atoms with Crippen LogP contribution in [-0.2, 0) is 6.54 Å². The number of piperazine rings is 1. The van der Waals surface area contributed by atoms with Crippen LogP contribution in [0.4, 0.5) is 5.69 Å². The highest BCUT2D eigenvalue weighted by molar-refractivity contribution is 5.58. The summed E-state index contributed by atoms with van der Waals surface area (Å²) in [5, 5.41) is 4.32. The molecule has 6 heteroatoms. The highest BCUT2D eigenvalue weighted by atomic mass is 16.5. The number of rotatable bonds is 6. The normalized spacial score (nSPS) is 20.4. The van der Waals surface area contributed by atoms with Crippen molar-refractivity contribution >= 4 is 5.69 Å². The standard InChI is InChI=1S/C26H33N5O/c1-32-26-8-3-2-7-25(26)30-18-16-29(17-19-30)24-6-4-14-28(21-24)20-22-9-11-23(12-10-22)31-15-5-13-27-31/h2-3,5,7-13,15,24H,4,6,14,16-21H2,1H3/t24-/m1/s1. The highest BCUT2D eigenvalue weighted by Crippen LogP contribution is 2.29. The van der Waals surface area contributed by atoms with Crippen LogP contribution in [0.25, 0.3) is 5.69 Å². The van der Waals surface area contributed by atoms with E-state index in [0.29, 0.717) is 6.04 Å². The molecule has 0 unspecified atom stereocenters. The summed E-state index contributed by atoms with van der Waals surface area (Å²) in [5.41, 5.74) is 3.71. The third-order valence-electron chi connectivity index (χ3n) is 6.85. The van der Waals surface area contributed by atoms with Gasteiger partial charge in [0.2, 0.25) is 0 Å². The molecule has 2 fully saturated rings. The molecule has 2 aromatic carbocycles. The average molecular weight is 432 g/mol. The van der Waals surface area contributed by atoms with Crippen molar-refractivity contribution in [2.75, 3.05) is 51.3 Å². The van der Waals surface area contributed by atoms with Gasteiger partial charge in [0.25, 0.3) is 0 Å². The lowest BCUT2D eigenvalue weighted by Crippen LogP contribution is -2.55. The Balaban J connectivity index is 1.15. The van der Waals surface area contributed by atoms with Crippen molar-refractivity contribution in [2.24, 2.45) is 0 Å². The Labute approximate surface area is 191 Å². The first kappa shape index (κ1) is 21.0. The van der Waals surface area contributed by atoms with E-state index in [0.717, 1.165) is 50.7 Å². The third kappa shape index (κ3) is 4.66. The molecule has 6 nitrogen and oxygen atoms in total. The number of ether oxygens (including phenoxy) is 1. The number of aromatic nitrogens is 2. The first-order valence-corrected chi connectivity index (χ1v) is 11.7. The molecule has 2 saturated heterocycles. The number of hydrogen-bond donors (Lipinski definition) is 0. The number of piperidine rings is 1. The summed E-state index contributed by atoms with van der Waals surface area (Å²) in [6.07, 6.45) is 6.39. The maximum absolute atomic E-state index is 5.57. The molecule has 5 rings (SSSR count). The predicted molar refractivity (Wildman–Crippen MR) is 129 cm³/mol. The SMILES string of the molecule is COc1ccccc1N1CCN([C@@H]2CCCN(Cc3ccc(-n4cccn4)cc3)C2)CC1. The number of methoxy groups -OCH3 is 1. The van der Waals surface area contributed by atoms with Gasteiger partial charge in [0.05, 0.1) is 18.5 Å². The number of nitrogens with zero attached hydrogens (tertiary/aromatic N) is 5. The Kier molecular flexibility index (Phi) is 6.41. The van der Waals surface area contributed by atoms with Gasteiger partial charge in [-0.05, 0) is 55.3 Å². The molecular formula is C26H33N5O. The fourth-order valence-corrected chi connectivity index (χ4v) is 5.13. The second kappa shape index (κ2) is 9.76. The molecule has 0 aliphatic carbocycles. The van der Waals surface area contributed by atoms with Gasteiger partial charge in [-0.15, -0.1) is 0 Å². The molecule has 1 atom stereocenters. The maximum atomic E-state index is 5.57. The largest absolute Gasteiger partial charge is 0.495 e. The van der Waals surface area contributed by atoms with Crippen LogP contribution >= 0.6 is 0 Å². The summed E-state index contributed by atoms with van der Waals surface area (Å²) in [4.78, 5) is 7.81. The Morgan fingerprint density at radius 1 is 0.938 bits per heavy atom. The van der Waals surface area contributed by atoms with Crippen molar-refractivity contribution in [3.8, 4) is 11.4 Å². The molecule has 0 radical (unpaired) electrons. The lowest BCUT2D eigenvalue weighted by atomic mass is 10.0. The van der Waals surface area contributed by atoms with E-state index in [2.05, 4.69) is 62.3 Å². The maximum Gasteiger partial charge on any atom is 0.142 e. The highest BCUT2D eigenvalue weighted by Gasteiger charge is 2.28. The molecule has 0 spiro atoms. The Bertz CT molecular complexity index is 980. The second-order valence-electron chi connectivity index (χ2n) is 8.84. The average Bonchev–Trinajstić information content (AvgIpc) is 3.40. The summed E-state index contributed by atoms with van der Waals surface area (Å²) in [6, 6.07) is 19.8. The van der Waals surface area contributed by atoms with E-state index in [1.807, 2.05) is 29.2 Å². The van der Waals surface area contributed by atoms with Gasteiger partial charge in [-0.2, -0.15) is 5.10 Å². The molecule has 2 aliphatic heterocycles. The number of likely N-dealkylation sites (tertiary alicyclic amines) is 1. The number of para-hydroxylation sites is 2. The zero-order valence-electron chi connectivity index (χ0n) is 18.9. The van der Waals surface area contributed by atoms with Gasteiger partial charge < -0.3 is 9.64 Å². The van der Waals surface area contributed by atoms with Gasteiger partial charge >= 0.3 is 0 Å². The fourth-order valence-electron chi connectivity index (χ4n) is 5.13. The zero-order chi connectivity index (χ0) is 21.8. The third-order valence-corrected chi connectivity index (χ3v) is 6.85. The molecular weight excluding hydrogens is 398 g/mol. The van der Waals surface area contributed by atoms with Crippen molar-refractivity contribution in [2.45, 2.75) is 25.4 Å². The summed E-state index contributed by atoms with van der Waals surface area (Å²) in [6.45, 7) is 7.74. The van der Waals surface area contributed by atoms with Gasteiger partial charge in [0, 0.05) is 57.7 Å². The minimum atomic E-state index is 0.659. The van der Waals surface area contributed by atoms with E-state index < -0.39 is 0 Å². The smallest absolute Gasteiger partial charge is 0.142 e. The summed E-state index contributed by atoms with van der Waals surface area (Å²) < 4.78 is 7.48. The molecule has 1 aromatic heterocycles. The molecule has 0 N–H and O–H groups in total. The van der Waals surface area contributed by atoms with Crippen LogP contribution in [0.2, 0.25) is 0 Å².